The van der Waals surface area contributed by atoms with Crippen molar-refractivity contribution in [3.8, 4) is 0 Å². The van der Waals surface area contributed by atoms with Gasteiger partial charge >= 0.3 is 0 Å². The van der Waals surface area contributed by atoms with Gasteiger partial charge in [0.15, 0.2) is 5.69 Å². The summed E-state index contributed by atoms with van der Waals surface area (Å²) in [5, 5.41) is 9.20. The molecule has 1 unspecified atom stereocenters. The van der Waals surface area contributed by atoms with E-state index in [1.165, 1.54) is 0 Å². The number of pyridine rings is 1. The summed E-state index contributed by atoms with van der Waals surface area (Å²) in [7, 11) is 0. The molecule has 7 heteroatoms. The van der Waals surface area contributed by atoms with Crippen molar-refractivity contribution >= 4 is 23.0 Å². The van der Waals surface area contributed by atoms with Gasteiger partial charge < -0.3 is 4.90 Å². The molecule has 0 N–H and O–H groups in total. The minimum absolute atomic E-state index is 0.0165. The highest BCUT2D eigenvalue weighted by Gasteiger charge is 2.30. The van der Waals surface area contributed by atoms with Crippen molar-refractivity contribution in [2.24, 2.45) is 0 Å². The maximum atomic E-state index is 12.8. The zero-order valence-corrected chi connectivity index (χ0v) is 12.7. The Morgan fingerprint density at radius 2 is 2.18 bits per heavy atom. The van der Waals surface area contributed by atoms with Crippen LogP contribution in [-0.4, -0.2) is 36.7 Å². The summed E-state index contributed by atoms with van der Waals surface area (Å²) in [5.41, 5.74) is 2.33. The number of hydrogen-bond acceptors (Lipinski definition) is 3. The van der Waals surface area contributed by atoms with Gasteiger partial charge in [0, 0.05) is 18.9 Å². The maximum absolute atomic E-state index is 12.8. The lowest BCUT2D eigenvalue weighted by molar-refractivity contribution is 0.0630. The lowest BCUT2D eigenvalue weighted by Gasteiger charge is -2.33. The second-order valence-corrected chi connectivity index (χ2v) is 5.84. The van der Waals surface area contributed by atoms with Crippen molar-refractivity contribution in [3.63, 3.8) is 0 Å². The Balaban J connectivity index is 1.68. The van der Waals surface area contributed by atoms with Crippen molar-refractivity contribution in [2.75, 3.05) is 6.54 Å². The molecule has 4 heterocycles. The topological polar surface area (TPSA) is 55.4 Å². The summed E-state index contributed by atoms with van der Waals surface area (Å²) in [6, 6.07) is 7.36. The molecule has 3 aromatic heterocycles. The third kappa shape index (κ3) is 1.99. The number of amides is 1. The molecular weight excluding hydrogens is 302 g/mol. The number of nitrogens with zero attached hydrogens (tertiary/aromatic N) is 5. The molecular formula is C15H14ClN5O. The molecule has 0 fully saturated rings. The maximum Gasteiger partial charge on any atom is 0.275 e. The second-order valence-electron chi connectivity index (χ2n) is 5.40. The summed E-state index contributed by atoms with van der Waals surface area (Å²) < 4.78 is 3.58. The van der Waals surface area contributed by atoms with Gasteiger partial charge in [-0.1, -0.05) is 11.6 Å². The number of fused-ring (bicyclic) bond motifs is 2. The lowest BCUT2D eigenvalue weighted by Crippen LogP contribution is -2.41. The van der Waals surface area contributed by atoms with Crippen LogP contribution in [0.15, 0.2) is 36.7 Å². The average molecular weight is 316 g/mol. The monoisotopic (exact) mass is 315 g/mol. The van der Waals surface area contributed by atoms with Gasteiger partial charge in [-0.25, -0.2) is 4.52 Å². The normalized spacial score (nSPS) is 17.7. The Morgan fingerprint density at radius 3 is 3.05 bits per heavy atom. The van der Waals surface area contributed by atoms with Gasteiger partial charge in [0.25, 0.3) is 5.91 Å². The van der Waals surface area contributed by atoms with Crippen molar-refractivity contribution in [1.29, 1.82) is 0 Å². The number of carbonyl (C=O) groups is 1. The number of hydrogen-bond donors (Lipinski definition) is 0. The molecule has 22 heavy (non-hydrogen) atoms. The van der Waals surface area contributed by atoms with Crippen LogP contribution in [0.5, 0.6) is 0 Å². The van der Waals surface area contributed by atoms with Gasteiger partial charge in [-0.15, -0.1) is 0 Å². The third-order valence-corrected chi connectivity index (χ3v) is 4.32. The molecule has 1 atom stereocenters. The summed E-state index contributed by atoms with van der Waals surface area (Å²) in [6.07, 6.45) is 3.47. The molecule has 0 spiro atoms. The van der Waals surface area contributed by atoms with Crippen LogP contribution in [0.2, 0.25) is 5.02 Å². The molecule has 112 valence electrons. The van der Waals surface area contributed by atoms with E-state index in [1.807, 2.05) is 28.6 Å². The molecule has 0 saturated heterocycles. The average Bonchev–Trinajstić information content (AvgIpc) is 3.12. The van der Waals surface area contributed by atoms with Crippen LogP contribution < -0.4 is 0 Å². The summed E-state index contributed by atoms with van der Waals surface area (Å²) in [4.78, 5) is 14.6. The van der Waals surface area contributed by atoms with Crippen LogP contribution in [0.4, 0.5) is 0 Å². The Hall–Kier alpha value is -2.34. The molecule has 0 saturated carbocycles. The Morgan fingerprint density at radius 1 is 1.32 bits per heavy atom. The number of rotatable bonds is 1. The first-order valence-electron chi connectivity index (χ1n) is 7.11. The van der Waals surface area contributed by atoms with E-state index in [0.717, 1.165) is 11.2 Å². The first-order chi connectivity index (χ1) is 10.6. The highest BCUT2D eigenvalue weighted by atomic mass is 35.5. The van der Waals surface area contributed by atoms with E-state index in [9.17, 15) is 4.79 Å². The lowest BCUT2D eigenvalue weighted by atomic mass is 10.1. The second kappa shape index (κ2) is 4.84. The Labute approximate surface area is 131 Å². The molecule has 0 radical (unpaired) electrons. The molecule has 1 aliphatic heterocycles. The first kappa shape index (κ1) is 13.3. The van der Waals surface area contributed by atoms with Crippen molar-refractivity contribution in [3.05, 3.63) is 53.1 Å². The fourth-order valence-corrected chi connectivity index (χ4v) is 3.09. The molecule has 1 amide bonds. The Kier molecular flexibility index (Phi) is 2.94. The van der Waals surface area contributed by atoms with Crippen LogP contribution in [0.1, 0.15) is 29.1 Å². The zero-order chi connectivity index (χ0) is 15.3. The van der Waals surface area contributed by atoms with Crippen molar-refractivity contribution < 1.29 is 4.79 Å². The highest BCUT2D eigenvalue weighted by molar-refractivity contribution is 6.30. The van der Waals surface area contributed by atoms with Gasteiger partial charge in [0.2, 0.25) is 0 Å². The summed E-state index contributed by atoms with van der Waals surface area (Å²) in [6.45, 7) is 3.35. The van der Waals surface area contributed by atoms with E-state index in [2.05, 4.69) is 10.2 Å². The molecule has 4 rings (SSSR count). The predicted molar refractivity (Wildman–Crippen MR) is 81.9 cm³/mol. The number of carbonyl (C=O) groups excluding carboxylic acids is 1. The number of aromatic nitrogens is 4. The fraction of sp³-hybridized carbons (Fsp3) is 0.267. The van der Waals surface area contributed by atoms with E-state index < -0.39 is 0 Å². The molecule has 0 bridgehead atoms. The predicted octanol–water partition coefficient (Wildman–Crippen LogP) is 2.40. The van der Waals surface area contributed by atoms with Gasteiger partial charge in [-0.2, -0.15) is 10.2 Å². The molecule has 0 aliphatic carbocycles. The van der Waals surface area contributed by atoms with E-state index in [1.54, 1.807) is 29.0 Å². The van der Waals surface area contributed by atoms with Crippen LogP contribution in [0, 0.1) is 0 Å². The van der Waals surface area contributed by atoms with E-state index in [0.29, 0.717) is 23.8 Å². The van der Waals surface area contributed by atoms with Crippen molar-refractivity contribution in [2.45, 2.75) is 19.5 Å². The van der Waals surface area contributed by atoms with Gasteiger partial charge in [0.05, 0.1) is 28.8 Å². The first-order valence-corrected chi connectivity index (χ1v) is 7.49. The van der Waals surface area contributed by atoms with Gasteiger partial charge in [-0.3, -0.25) is 9.48 Å². The van der Waals surface area contributed by atoms with Crippen LogP contribution in [0.3, 0.4) is 0 Å². The molecule has 1 aliphatic rings. The van der Waals surface area contributed by atoms with Crippen LogP contribution >= 0.6 is 11.6 Å². The summed E-state index contributed by atoms with van der Waals surface area (Å²) in [5.74, 6) is -0.0697. The fourth-order valence-electron chi connectivity index (χ4n) is 2.93. The minimum Gasteiger partial charge on any atom is -0.327 e. The van der Waals surface area contributed by atoms with E-state index in [4.69, 9.17) is 11.6 Å². The largest absolute Gasteiger partial charge is 0.327 e. The standard InChI is InChI=1S/C15H14ClN5O/c1-10-14-4-5-17-20(14)7-6-19(10)15(22)13-8-12-3-2-11(16)9-21(12)18-13/h2-5,8-10H,6-7H2,1H3. The molecule has 3 aromatic rings. The van der Waals surface area contributed by atoms with Gasteiger partial charge in [0.1, 0.15) is 0 Å². The third-order valence-electron chi connectivity index (χ3n) is 4.10. The van der Waals surface area contributed by atoms with E-state index >= 15 is 0 Å². The number of halogens is 1. The molecule has 0 aromatic carbocycles. The van der Waals surface area contributed by atoms with Crippen LogP contribution in [0.25, 0.3) is 5.52 Å². The van der Waals surface area contributed by atoms with Crippen molar-refractivity contribution in [1.82, 2.24) is 24.3 Å². The summed E-state index contributed by atoms with van der Waals surface area (Å²) >= 11 is 5.96. The van der Waals surface area contributed by atoms with Gasteiger partial charge in [-0.05, 0) is 31.2 Å². The highest BCUT2D eigenvalue weighted by Crippen LogP contribution is 2.26. The SMILES string of the molecule is CC1c2ccnn2CCN1C(=O)c1cc2ccc(Cl)cn2n1. The Bertz CT molecular complexity index is 868. The smallest absolute Gasteiger partial charge is 0.275 e. The van der Waals surface area contributed by atoms with Crippen LogP contribution in [-0.2, 0) is 6.54 Å². The minimum atomic E-state index is -0.0697. The quantitative estimate of drug-likeness (QED) is 0.693. The van der Waals surface area contributed by atoms with E-state index in [-0.39, 0.29) is 11.9 Å². The zero-order valence-electron chi connectivity index (χ0n) is 12.0. The molecule has 6 nitrogen and oxygen atoms in total.